The number of rotatable bonds is 6. The summed E-state index contributed by atoms with van der Waals surface area (Å²) >= 11 is 0. The summed E-state index contributed by atoms with van der Waals surface area (Å²) in [4.78, 5) is 10.4. The van der Waals surface area contributed by atoms with E-state index in [1.807, 2.05) is 24.3 Å². The van der Waals surface area contributed by atoms with E-state index in [1.165, 1.54) is 5.56 Å². The van der Waals surface area contributed by atoms with Crippen molar-refractivity contribution >= 4 is 18.4 Å². The zero-order valence-corrected chi connectivity index (χ0v) is 11.1. The molecule has 3 nitrogen and oxygen atoms in total. The molecule has 0 spiro atoms. The van der Waals surface area contributed by atoms with E-state index in [9.17, 15) is 4.79 Å². The van der Waals surface area contributed by atoms with Crippen LogP contribution in [0.1, 0.15) is 31.4 Å². The maximum Gasteiger partial charge on any atom is 0.303 e. The molecule has 0 heterocycles. The summed E-state index contributed by atoms with van der Waals surface area (Å²) in [7, 11) is 0. The molecule has 0 aliphatic rings. The van der Waals surface area contributed by atoms with Crippen LogP contribution < -0.4 is 5.32 Å². The van der Waals surface area contributed by atoms with Crippen LogP contribution in [0.4, 0.5) is 0 Å². The van der Waals surface area contributed by atoms with Crippen LogP contribution in [0.2, 0.25) is 0 Å². The third-order valence-electron chi connectivity index (χ3n) is 2.36. The fourth-order valence-corrected chi connectivity index (χ4v) is 1.40. The Morgan fingerprint density at radius 1 is 1.24 bits per heavy atom. The molecule has 4 heteroatoms. The van der Waals surface area contributed by atoms with Crippen molar-refractivity contribution in [2.45, 2.75) is 39.3 Å². The molecule has 0 aromatic heterocycles. The van der Waals surface area contributed by atoms with E-state index in [0.29, 0.717) is 12.5 Å². The predicted molar refractivity (Wildman–Crippen MR) is 71.6 cm³/mol. The number of aryl methyl sites for hydroxylation is 1. The minimum Gasteiger partial charge on any atom is -0.481 e. The summed E-state index contributed by atoms with van der Waals surface area (Å²) in [6.07, 6.45) is 0.802. The summed E-state index contributed by atoms with van der Waals surface area (Å²) < 4.78 is 0. The van der Waals surface area contributed by atoms with Crippen LogP contribution >= 0.6 is 12.4 Å². The van der Waals surface area contributed by atoms with Crippen LogP contribution in [0.15, 0.2) is 24.3 Å². The van der Waals surface area contributed by atoms with Gasteiger partial charge in [-0.2, -0.15) is 0 Å². The van der Waals surface area contributed by atoms with Gasteiger partial charge in [0.15, 0.2) is 0 Å². The third-order valence-corrected chi connectivity index (χ3v) is 2.36. The molecule has 0 fully saturated rings. The number of hydrogen-bond donors (Lipinski definition) is 2. The third kappa shape index (κ3) is 6.97. The van der Waals surface area contributed by atoms with Crippen molar-refractivity contribution < 1.29 is 9.90 Å². The Kier molecular flexibility index (Phi) is 7.59. The van der Waals surface area contributed by atoms with Gasteiger partial charge in [-0.05, 0) is 17.5 Å². The SMILES string of the molecule is CC(C)NCc1ccc(CCC(=O)O)cc1.Cl. The van der Waals surface area contributed by atoms with Crippen molar-refractivity contribution in [3.05, 3.63) is 35.4 Å². The van der Waals surface area contributed by atoms with Crippen LogP contribution in [0, 0.1) is 0 Å². The van der Waals surface area contributed by atoms with E-state index in [-0.39, 0.29) is 18.8 Å². The maximum absolute atomic E-state index is 10.4. The highest BCUT2D eigenvalue weighted by molar-refractivity contribution is 5.85. The molecule has 0 aliphatic heterocycles. The van der Waals surface area contributed by atoms with E-state index < -0.39 is 5.97 Å². The molecule has 17 heavy (non-hydrogen) atoms. The Balaban J connectivity index is 0.00000256. The van der Waals surface area contributed by atoms with Gasteiger partial charge in [0.2, 0.25) is 0 Å². The zero-order valence-electron chi connectivity index (χ0n) is 10.3. The monoisotopic (exact) mass is 257 g/mol. The summed E-state index contributed by atoms with van der Waals surface area (Å²) in [6.45, 7) is 5.08. The van der Waals surface area contributed by atoms with Crippen molar-refractivity contribution in [1.29, 1.82) is 0 Å². The maximum atomic E-state index is 10.4. The quantitative estimate of drug-likeness (QED) is 0.824. The van der Waals surface area contributed by atoms with Crippen LogP contribution in [0.3, 0.4) is 0 Å². The summed E-state index contributed by atoms with van der Waals surface area (Å²) in [5.41, 5.74) is 2.31. The normalized spacial score (nSPS) is 10.1. The lowest BCUT2D eigenvalue weighted by molar-refractivity contribution is -0.136. The second kappa shape index (κ2) is 8.09. The van der Waals surface area contributed by atoms with Gasteiger partial charge in [-0.15, -0.1) is 12.4 Å². The van der Waals surface area contributed by atoms with Gasteiger partial charge in [0.1, 0.15) is 0 Å². The van der Waals surface area contributed by atoms with E-state index in [2.05, 4.69) is 19.2 Å². The van der Waals surface area contributed by atoms with Crippen molar-refractivity contribution in [2.24, 2.45) is 0 Å². The van der Waals surface area contributed by atoms with Gasteiger partial charge in [-0.3, -0.25) is 4.79 Å². The molecule has 0 atom stereocenters. The molecule has 96 valence electrons. The lowest BCUT2D eigenvalue weighted by Crippen LogP contribution is -2.21. The number of aliphatic carboxylic acids is 1. The predicted octanol–water partition coefficient (Wildman–Crippen LogP) is 2.62. The van der Waals surface area contributed by atoms with Crippen molar-refractivity contribution in [3.63, 3.8) is 0 Å². The van der Waals surface area contributed by atoms with Gasteiger partial charge in [0.05, 0.1) is 0 Å². The average molecular weight is 258 g/mol. The fourth-order valence-electron chi connectivity index (χ4n) is 1.40. The molecular weight excluding hydrogens is 238 g/mol. The highest BCUT2D eigenvalue weighted by Gasteiger charge is 1.99. The van der Waals surface area contributed by atoms with Crippen LogP contribution in [-0.2, 0) is 17.8 Å². The number of halogens is 1. The molecule has 1 rings (SSSR count). The summed E-state index contributed by atoms with van der Waals surface area (Å²) in [5.74, 6) is -0.745. The molecule has 0 bridgehead atoms. The van der Waals surface area contributed by atoms with Crippen LogP contribution in [0.25, 0.3) is 0 Å². The van der Waals surface area contributed by atoms with Crippen molar-refractivity contribution in [1.82, 2.24) is 5.32 Å². The number of carbonyl (C=O) groups is 1. The molecular formula is C13H20ClNO2. The van der Waals surface area contributed by atoms with Crippen LogP contribution in [0.5, 0.6) is 0 Å². The van der Waals surface area contributed by atoms with E-state index in [1.54, 1.807) is 0 Å². The summed E-state index contributed by atoms with van der Waals surface area (Å²) in [5, 5.41) is 11.9. The topological polar surface area (TPSA) is 49.3 Å². The lowest BCUT2D eigenvalue weighted by Gasteiger charge is -2.08. The number of nitrogens with one attached hydrogen (secondary N) is 1. The van der Waals surface area contributed by atoms with Gasteiger partial charge in [-0.25, -0.2) is 0 Å². The zero-order chi connectivity index (χ0) is 12.0. The molecule has 0 aliphatic carbocycles. The molecule has 0 saturated heterocycles. The average Bonchev–Trinajstić information content (AvgIpc) is 2.25. The first-order chi connectivity index (χ1) is 7.58. The minimum atomic E-state index is -0.745. The first-order valence-electron chi connectivity index (χ1n) is 5.61. The highest BCUT2D eigenvalue weighted by Crippen LogP contribution is 2.07. The van der Waals surface area contributed by atoms with E-state index >= 15 is 0 Å². The molecule has 0 unspecified atom stereocenters. The molecule has 1 aromatic rings. The van der Waals surface area contributed by atoms with Crippen molar-refractivity contribution in [2.75, 3.05) is 0 Å². The molecule has 0 saturated carbocycles. The first-order valence-corrected chi connectivity index (χ1v) is 5.61. The number of carboxylic acid groups (broad SMARTS) is 1. The minimum absolute atomic E-state index is 0. The van der Waals surface area contributed by atoms with Gasteiger partial charge in [0.25, 0.3) is 0 Å². The van der Waals surface area contributed by atoms with Gasteiger partial charge in [-0.1, -0.05) is 38.1 Å². The second-order valence-electron chi connectivity index (χ2n) is 4.25. The Morgan fingerprint density at radius 2 is 1.76 bits per heavy atom. The van der Waals surface area contributed by atoms with E-state index in [0.717, 1.165) is 12.1 Å². The van der Waals surface area contributed by atoms with Crippen molar-refractivity contribution in [3.8, 4) is 0 Å². The molecule has 0 amide bonds. The standard InChI is InChI=1S/C13H19NO2.ClH/c1-10(2)14-9-12-5-3-11(4-6-12)7-8-13(15)16;/h3-6,10,14H,7-9H2,1-2H3,(H,15,16);1H. The molecule has 0 radical (unpaired) electrons. The first kappa shape index (κ1) is 15.9. The van der Waals surface area contributed by atoms with Crippen LogP contribution in [-0.4, -0.2) is 17.1 Å². The van der Waals surface area contributed by atoms with E-state index in [4.69, 9.17) is 5.11 Å². The number of carboxylic acids is 1. The molecule has 1 aromatic carbocycles. The summed E-state index contributed by atoms with van der Waals surface area (Å²) in [6, 6.07) is 8.58. The fraction of sp³-hybridized carbons (Fsp3) is 0.462. The molecule has 2 N–H and O–H groups in total. The van der Waals surface area contributed by atoms with Gasteiger partial charge >= 0.3 is 5.97 Å². The highest BCUT2D eigenvalue weighted by atomic mass is 35.5. The number of benzene rings is 1. The van der Waals surface area contributed by atoms with Gasteiger partial charge in [0, 0.05) is 19.0 Å². The smallest absolute Gasteiger partial charge is 0.303 e. The Hall–Kier alpha value is -1.06. The van der Waals surface area contributed by atoms with Gasteiger partial charge < -0.3 is 10.4 Å². The Bertz CT molecular complexity index is 336. The second-order valence-corrected chi connectivity index (χ2v) is 4.25. The number of hydrogen-bond acceptors (Lipinski definition) is 2. The Morgan fingerprint density at radius 3 is 2.24 bits per heavy atom. The largest absolute Gasteiger partial charge is 0.481 e. The Labute approximate surface area is 109 Å². The lowest BCUT2D eigenvalue weighted by atomic mass is 10.1.